The van der Waals surface area contributed by atoms with E-state index < -0.39 is 0 Å². The highest BCUT2D eigenvalue weighted by Gasteiger charge is 2.10. The fraction of sp³-hybridized carbons (Fsp3) is 0.0667. The molecular weight excluding hydrogens is 336 g/mol. The standard InChI is InChI=1S/C15H11BrN2O3/c16-14-4-3-13(21-14)15(19)18-9-10-5-6-17-11(8-10)12-2-1-7-20-12/h1-8H,9H2,(H,18,19). The van der Waals surface area contributed by atoms with Gasteiger partial charge in [0.15, 0.2) is 16.2 Å². The molecule has 3 heterocycles. The van der Waals surface area contributed by atoms with Gasteiger partial charge in [-0.3, -0.25) is 9.78 Å². The maximum atomic E-state index is 11.9. The van der Waals surface area contributed by atoms with Crippen LogP contribution in [0.3, 0.4) is 0 Å². The number of furan rings is 2. The van der Waals surface area contributed by atoms with Crippen molar-refractivity contribution in [3.63, 3.8) is 0 Å². The second kappa shape index (κ2) is 5.97. The average Bonchev–Trinajstić information content (AvgIpc) is 3.16. The van der Waals surface area contributed by atoms with Crippen LogP contribution in [0, 0.1) is 0 Å². The number of aromatic nitrogens is 1. The number of hydrogen-bond donors (Lipinski definition) is 1. The third kappa shape index (κ3) is 3.22. The van der Waals surface area contributed by atoms with E-state index in [0.717, 1.165) is 11.3 Å². The van der Waals surface area contributed by atoms with Crippen LogP contribution in [0.15, 0.2) is 62.4 Å². The number of nitrogens with zero attached hydrogens (tertiary/aromatic N) is 1. The van der Waals surface area contributed by atoms with Crippen molar-refractivity contribution in [3.05, 3.63) is 64.9 Å². The zero-order chi connectivity index (χ0) is 14.7. The third-order valence-corrected chi connectivity index (χ3v) is 3.27. The summed E-state index contributed by atoms with van der Waals surface area (Å²) in [6.45, 7) is 0.382. The van der Waals surface area contributed by atoms with Gasteiger partial charge < -0.3 is 14.2 Å². The van der Waals surface area contributed by atoms with Gasteiger partial charge in [-0.25, -0.2) is 0 Å². The normalized spacial score (nSPS) is 10.5. The quantitative estimate of drug-likeness (QED) is 0.783. The first-order valence-electron chi connectivity index (χ1n) is 6.25. The van der Waals surface area contributed by atoms with Gasteiger partial charge in [-0.1, -0.05) is 0 Å². The Morgan fingerprint density at radius 3 is 2.90 bits per heavy atom. The monoisotopic (exact) mass is 346 g/mol. The molecule has 0 aromatic carbocycles. The number of amides is 1. The summed E-state index contributed by atoms with van der Waals surface area (Å²) >= 11 is 3.16. The van der Waals surface area contributed by atoms with Crippen LogP contribution in [0.2, 0.25) is 0 Å². The molecule has 0 bridgehead atoms. The molecule has 106 valence electrons. The van der Waals surface area contributed by atoms with E-state index in [9.17, 15) is 4.79 Å². The molecule has 0 unspecified atom stereocenters. The zero-order valence-electron chi connectivity index (χ0n) is 10.9. The van der Waals surface area contributed by atoms with Crippen molar-refractivity contribution in [2.45, 2.75) is 6.54 Å². The number of rotatable bonds is 4. The van der Waals surface area contributed by atoms with Crippen molar-refractivity contribution in [1.82, 2.24) is 10.3 Å². The molecular formula is C15H11BrN2O3. The Morgan fingerprint density at radius 1 is 1.29 bits per heavy atom. The van der Waals surface area contributed by atoms with E-state index in [-0.39, 0.29) is 11.7 Å². The van der Waals surface area contributed by atoms with Crippen molar-refractivity contribution in [2.75, 3.05) is 0 Å². The summed E-state index contributed by atoms with van der Waals surface area (Å²) in [6, 6.07) is 10.6. The molecule has 1 N–H and O–H groups in total. The smallest absolute Gasteiger partial charge is 0.287 e. The molecule has 0 fully saturated rings. The van der Waals surface area contributed by atoms with Gasteiger partial charge in [0.25, 0.3) is 5.91 Å². The van der Waals surface area contributed by atoms with Crippen LogP contribution in [-0.4, -0.2) is 10.9 Å². The average molecular weight is 347 g/mol. The highest BCUT2D eigenvalue weighted by molar-refractivity contribution is 9.10. The molecule has 0 spiro atoms. The zero-order valence-corrected chi connectivity index (χ0v) is 12.5. The number of halogens is 1. The van der Waals surface area contributed by atoms with Gasteiger partial charge in [-0.2, -0.15) is 0 Å². The number of carbonyl (C=O) groups excluding carboxylic acids is 1. The molecule has 0 atom stereocenters. The van der Waals surface area contributed by atoms with E-state index in [0.29, 0.717) is 17.0 Å². The van der Waals surface area contributed by atoms with Crippen LogP contribution >= 0.6 is 15.9 Å². The molecule has 0 aliphatic rings. The van der Waals surface area contributed by atoms with Gasteiger partial charge in [-0.15, -0.1) is 0 Å². The first-order valence-corrected chi connectivity index (χ1v) is 7.04. The van der Waals surface area contributed by atoms with Gasteiger partial charge in [-0.05, 0) is 57.9 Å². The molecule has 5 nitrogen and oxygen atoms in total. The van der Waals surface area contributed by atoms with E-state index in [1.54, 1.807) is 30.7 Å². The molecule has 0 radical (unpaired) electrons. The van der Waals surface area contributed by atoms with Crippen molar-refractivity contribution >= 4 is 21.8 Å². The molecule has 0 aliphatic carbocycles. The number of pyridine rings is 1. The molecule has 3 aromatic heterocycles. The molecule has 0 saturated carbocycles. The summed E-state index contributed by atoms with van der Waals surface area (Å²) in [6.07, 6.45) is 3.28. The molecule has 6 heteroatoms. The second-order valence-electron chi connectivity index (χ2n) is 4.31. The topological polar surface area (TPSA) is 68.3 Å². The van der Waals surface area contributed by atoms with Gasteiger partial charge in [0, 0.05) is 12.7 Å². The minimum Gasteiger partial charge on any atom is -0.463 e. The summed E-state index contributed by atoms with van der Waals surface area (Å²) in [5.74, 6) is 0.692. The molecule has 0 aliphatic heterocycles. The molecule has 1 amide bonds. The van der Waals surface area contributed by atoms with Crippen LogP contribution in [0.25, 0.3) is 11.5 Å². The molecule has 21 heavy (non-hydrogen) atoms. The summed E-state index contributed by atoms with van der Waals surface area (Å²) in [5, 5.41) is 2.79. The predicted octanol–water partition coefficient (Wildman–Crippen LogP) is 3.63. The van der Waals surface area contributed by atoms with E-state index in [1.807, 2.05) is 18.2 Å². The highest BCUT2D eigenvalue weighted by Crippen LogP contribution is 2.18. The van der Waals surface area contributed by atoms with Crippen molar-refractivity contribution < 1.29 is 13.6 Å². The van der Waals surface area contributed by atoms with Crippen LogP contribution < -0.4 is 5.32 Å². The number of nitrogens with one attached hydrogen (secondary N) is 1. The van der Waals surface area contributed by atoms with Gasteiger partial charge in [0.05, 0.1) is 6.26 Å². The molecule has 3 rings (SSSR count). The Morgan fingerprint density at radius 2 is 2.19 bits per heavy atom. The van der Waals surface area contributed by atoms with E-state index in [4.69, 9.17) is 8.83 Å². The highest BCUT2D eigenvalue weighted by atomic mass is 79.9. The van der Waals surface area contributed by atoms with Crippen LogP contribution in [0.4, 0.5) is 0 Å². The summed E-state index contributed by atoms with van der Waals surface area (Å²) in [7, 11) is 0. The lowest BCUT2D eigenvalue weighted by Crippen LogP contribution is -2.22. The van der Waals surface area contributed by atoms with Crippen LogP contribution in [-0.2, 0) is 6.54 Å². The largest absolute Gasteiger partial charge is 0.463 e. The fourth-order valence-electron chi connectivity index (χ4n) is 1.85. The lowest BCUT2D eigenvalue weighted by Gasteiger charge is -2.04. The Kier molecular flexibility index (Phi) is 3.87. The Labute approximate surface area is 129 Å². The Balaban J connectivity index is 1.68. The fourth-order valence-corrected chi connectivity index (χ4v) is 2.16. The Hall–Kier alpha value is -2.34. The first-order chi connectivity index (χ1) is 10.2. The molecule has 0 saturated heterocycles. The summed E-state index contributed by atoms with van der Waals surface area (Å²) in [5.41, 5.74) is 1.66. The van der Waals surface area contributed by atoms with E-state index in [2.05, 4.69) is 26.2 Å². The summed E-state index contributed by atoms with van der Waals surface area (Å²) in [4.78, 5) is 16.1. The lowest BCUT2D eigenvalue weighted by molar-refractivity contribution is 0.0922. The molecule has 3 aromatic rings. The maximum Gasteiger partial charge on any atom is 0.287 e. The maximum absolute atomic E-state index is 11.9. The van der Waals surface area contributed by atoms with Gasteiger partial charge in [0.1, 0.15) is 5.69 Å². The summed E-state index contributed by atoms with van der Waals surface area (Å²) < 4.78 is 11.0. The number of hydrogen-bond acceptors (Lipinski definition) is 4. The number of carbonyl (C=O) groups is 1. The minimum absolute atomic E-state index is 0.266. The van der Waals surface area contributed by atoms with Crippen molar-refractivity contribution in [2.24, 2.45) is 0 Å². The third-order valence-electron chi connectivity index (χ3n) is 2.85. The second-order valence-corrected chi connectivity index (χ2v) is 5.09. The predicted molar refractivity (Wildman–Crippen MR) is 79.5 cm³/mol. The van der Waals surface area contributed by atoms with Crippen LogP contribution in [0.5, 0.6) is 0 Å². The van der Waals surface area contributed by atoms with E-state index >= 15 is 0 Å². The van der Waals surface area contributed by atoms with Crippen molar-refractivity contribution in [1.29, 1.82) is 0 Å². The Bertz CT molecular complexity index is 750. The van der Waals surface area contributed by atoms with Crippen molar-refractivity contribution in [3.8, 4) is 11.5 Å². The SMILES string of the molecule is O=C(NCc1ccnc(-c2ccco2)c1)c1ccc(Br)o1. The van der Waals surface area contributed by atoms with Crippen LogP contribution in [0.1, 0.15) is 16.1 Å². The van der Waals surface area contributed by atoms with E-state index in [1.165, 1.54) is 0 Å². The van der Waals surface area contributed by atoms with Gasteiger partial charge >= 0.3 is 0 Å². The van der Waals surface area contributed by atoms with Gasteiger partial charge in [0.2, 0.25) is 0 Å². The lowest BCUT2D eigenvalue weighted by atomic mass is 10.2. The first kappa shape index (κ1) is 13.6. The minimum atomic E-state index is -0.267.